The Kier molecular flexibility index (Phi) is 4.18. The first-order valence-electron chi connectivity index (χ1n) is 4.40. The molecule has 0 bridgehead atoms. The molecule has 15 heavy (non-hydrogen) atoms. The lowest BCUT2D eigenvalue weighted by atomic mass is 10.3. The molecule has 2 nitrogen and oxygen atoms in total. The minimum absolute atomic E-state index is 0.173. The molecule has 4 heteroatoms. The fourth-order valence-electron chi connectivity index (χ4n) is 1.01. The minimum Gasteiger partial charge on any atom is -0.322 e. The van der Waals surface area contributed by atoms with Crippen molar-refractivity contribution in [1.29, 1.82) is 0 Å². The van der Waals surface area contributed by atoms with Crippen molar-refractivity contribution in [2.45, 2.75) is 13.8 Å². The second kappa shape index (κ2) is 5.19. The number of amides is 1. The van der Waals surface area contributed by atoms with Gasteiger partial charge in [0.1, 0.15) is 0 Å². The molecule has 1 aromatic rings. The highest BCUT2D eigenvalue weighted by Gasteiger charge is 2.01. The van der Waals surface area contributed by atoms with E-state index in [1.165, 1.54) is 6.08 Å². The lowest BCUT2D eigenvalue weighted by molar-refractivity contribution is -0.111. The van der Waals surface area contributed by atoms with Gasteiger partial charge in [-0.1, -0.05) is 28.8 Å². The third kappa shape index (κ3) is 3.94. The largest absolute Gasteiger partial charge is 0.322 e. The summed E-state index contributed by atoms with van der Waals surface area (Å²) in [6, 6.07) is 4.95. The van der Waals surface area contributed by atoms with Gasteiger partial charge in [0.25, 0.3) is 0 Å². The predicted molar refractivity (Wildman–Crippen MR) is 64.5 cm³/mol. The fraction of sp³-hybridized carbons (Fsp3) is 0.182. The minimum atomic E-state index is -0.173. The molecule has 80 valence electrons. The van der Waals surface area contributed by atoms with Crippen molar-refractivity contribution >= 4 is 34.8 Å². The molecule has 0 fully saturated rings. The Labute approximate surface area is 98.9 Å². The zero-order valence-corrected chi connectivity index (χ0v) is 9.99. The Hall–Kier alpha value is -0.990. The third-order valence-electron chi connectivity index (χ3n) is 1.61. The van der Waals surface area contributed by atoms with E-state index in [4.69, 9.17) is 23.2 Å². The van der Waals surface area contributed by atoms with Gasteiger partial charge in [0.15, 0.2) is 0 Å². The fourth-order valence-corrected chi connectivity index (χ4v) is 1.31. The number of benzene rings is 1. The average molecular weight is 244 g/mol. The molecule has 0 aromatic heterocycles. The van der Waals surface area contributed by atoms with Crippen molar-refractivity contribution < 1.29 is 4.79 Å². The highest BCUT2D eigenvalue weighted by molar-refractivity contribution is 6.42. The van der Waals surface area contributed by atoms with Crippen molar-refractivity contribution in [1.82, 2.24) is 0 Å². The van der Waals surface area contributed by atoms with E-state index < -0.39 is 0 Å². The van der Waals surface area contributed by atoms with E-state index in [1.807, 2.05) is 13.8 Å². The van der Waals surface area contributed by atoms with Crippen LogP contribution in [0.2, 0.25) is 10.0 Å². The number of allylic oxidation sites excluding steroid dienone is 1. The third-order valence-corrected chi connectivity index (χ3v) is 2.35. The number of halogens is 2. The van der Waals surface area contributed by atoms with Crippen molar-refractivity contribution in [2.24, 2.45) is 0 Å². The van der Waals surface area contributed by atoms with E-state index in [0.717, 1.165) is 5.57 Å². The van der Waals surface area contributed by atoms with E-state index in [2.05, 4.69) is 5.32 Å². The summed E-state index contributed by atoms with van der Waals surface area (Å²) in [5.41, 5.74) is 1.57. The highest BCUT2D eigenvalue weighted by atomic mass is 35.5. The summed E-state index contributed by atoms with van der Waals surface area (Å²) in [6.45, 7) is 3.71. The van der Waals surface area contributed by atoms with Crippen LogP contribution in [0.5, 0.6) is 0 Å². The topological polar surface area (TPSA) is 29.1 Å². The lowest BCUT2D eigenvalue weighted by Crippen LogP contribution is -2.08. The number of hydrogen-bond donors (Lipinski definition) is 1. The lowest BCUT2D eigenvalue weighted by Gasteiger charge is -2.03. The molecule has 0 unspecified atom stereocenters. The second-order valence-electron chi connectivity index (χ2n) is 3.34. The Morgan fingerprint density at radius 2 is 1.93 bits per heavy atom. The number of carbonyl (C=O) groups is 1. The standard InChI is InChI=1S/C11H11Cl2NO/c1-7(2)5-11(15)14-8-3-4-9(12)10(13)6-8/h3-6H,1-2H3,(H,14,15). The predicted octanol–water partition coefficient (Wildman–Crippen LogP) is 3.90. The average Bonchev–Trinajstić information content (AvgIpc) is 2.10. The number of hydrogen-bond acceptors (Lipinski definition) is 1. The van der Waals surface area contributed by atoms with Crippen molar-refractivity contribution in [3.8, 4) is 0 Å². The molecular formula is C11H11Cl2NO. The van der Waals surface area contributed by atoms with Crippen LogP contribution in [0, 0.1) is 0 Å². The van der Waals surface area contributed by atoms with Crippen LogP contribution in [0.3, 0.4) is 0 Å². The molecule has 1 amide bonds. The highest BCUT2D eigenvalue weighted by Crippen LogP contribution is 2.24. The molecule has 1 aromatic carbocycles. The van der Waals surface area contributed by atoms with Gasteiger partial charge >= 0.3 is 0 Å². The van der Waals surface area contributed by atoms with Crippen LogP contribution >= 0.6 is 23.2 Å². The summed E-state index contributed by atoms with van der Waals surface area (Å²) >= 11 is 11.5. The molecule has 0 saturated heterocycles. The van der Waals surface area contributed by atoms with Crippen LogP contribution in [0.25, 0.3) is 0 Å². The molecule has 1 N–H and O–H groups in total. The van der Waals surface area contributed by atoms with Gasteiger partial charge in [-0.2, -0.15) is 0 Å². The van der Waals surface area contributed by atoms with Gasteiger partial charge in [-0.15, -0.1) is 0 Å². The first-order chi connectivity index (χ1) is 6.99. The van der Waals surface area contributed by atoms with Gasteiger partial charge < -0.3 is 5.32 Å². The molecule has 0 saturated carbocycles. The van der Waals surface area contributed by atoms with Gasteiger partial charge in [0, 0.05) is 11.8 Å². The quantitative estimate of drug-likeness (QED) is 0.785. The van der Waals surface area contributed by atoms with Gasteiger partial charge in [-0.3, -0.25) is 4.79 Å². The van der Waals surface area contributed by atoms with Crippen molar-refractivity contribution in [3.63, 3.8) is 0 Å². The maximum Gasteiger partial charge on any atom is 0.248 e. The Morgan fingerprint density at radius 1 is 1.27 bits per heavy atom. The zero-order chi connectivity index (χ0) is 11.4. The van der Waals surface area contributed by atoms with Crippen LogP contribution in [-0.4, -0.2) is 5.91 Å². The van der Waals surface area contributed by atoms with Gasteiger partial charge in [0.2, 0.25) is 5.91 Å². The van der Waals surface area contributed by atoms with E-state index in [0.29, 0.717) is 15.7 Å². The Balaban J connectivity index is 2.78. The maximum absolute atomic E-state index is 11.4. The van der Waals surface area contributed by atoms with Gasteiger partial charge in [-0.05, 0) is 32.0 Å². The van der Waals surface area contributed by atoms with E-state index in [9.17, 15) is 4.79 Å². The van der Waals surface area contributed by atoms with Crippen LogP contribution in [0.15, 0.2) is 29.8 Å². The molecule has 0 spiro atoms. The first kappa shape index (κ1) is 12.1. The van der Waals surface area contributed by atoms with Crippen LogP contribution in [0.4, 0.5) is 5.69 Å². The SMILES string of the molecule is CC(C)=CC(=O)Nc1ccc(Cl)c(Cl)c1. The summed E-state index contributed by atoms with van der Waals surface area (Å²) in [5.74, 6) is -0.173. The van der Waals surface area contributed by atoms with Crippen molar-refractivity contribution in [2.75, 3.05) is 5.32 Å². The number of rotatable bonds is 2. The van der Waals surface area contributed by atoms with E-state index in [-0.39, 0.29) is 5.91 Å². The molecule has 0 heterocycles. The number of anilines is 1. The molecule has 0 aliphatic rings. The second-order valence-corrected chi connectivity index (χ2v) is 4.15. The Bertz CT molecular complexity index is 409. The van der Waals surface area contributed by atoms with E-state index >= 15 is 0 Å². The summed E-state index contributed by atoms with van der Waals surface area (Å²) in [5, 5.41) is 3.58. The van der Waals surface area contributed by atoms with Crippen LogP contribution in [0.1, 0.15) is 13.8 Å². The van der Waals surface area contributed by atoms with E-state index in [1.54, 1.807) is 18.2 Å². The summed E-state index contributed by atoms with van der Waals surface area (Å²) < 4.78 is 0. The maximum atomic E-state index is 11.4. The molecule has 0 aliphatic heterocycles. The molecule has 0 aliphatic carbocycles. The monoisotopic (exact) mass is 243 g/mol. The molecule has 0 atom stereocenters. The molecular weight excluding hydrogens is 233 g/mol. The summed E-state index contributed by atoms with van der Waals surface area (Å²) in [4.78, 5) is 11.4. The normalized spacial score (nSPS) is 9.60. The smallest absolute Gasteiger partial charge is 0.248 e. The molecule has 1 rings (SSSR count). The van der Waals surface area contributed by atoms with Crippen LogP contribution < -0.4 is 5.32 Å². The van der Waals surface area contributed by atoms with Crippen molar-refractivity contribution in [3.05, 3.63) is 39.9 Å². The summed E-state index contributed by atoms with van der Waals surface area (Å²) in [7, 11) is 0. The summed E-state index contributed by atoms with van der Waals surface area (Å²) in [6.07, 6.45) is 1.52. The van der Waals surface area contributed by atoms with Gasteiger partial charge in [0.05, 0.1) is 10.0 Å². The van der Waals surface area contributed by atoms with Gasteiger partial charge in [-0.25, -0.2) is 0 Å². The van der Waals surface area contributed by atoms with Crippen LogP contribution in [-0.2, 0) is 4.79 Å². The number of carbonyl (C=O) groups excluding carboxylic acids is 1. The number of nitrogens with one attached hydrogen (secondary N) is 1. The molecule has 0 radical (unpaired) electrons. The zero-order valence-electron chi connectivity index (χ0n) is 8.47. The first-order valence-corrected chi connectivity index (χ1v) is 5.15. The Morgan fingerprint density at radius 3 is 2.47 bits per heavy atom.